The first-order chi connectivity index (χ1) is 8.79. The monoisotopic (exact) mass is 265 g/mol. The first-order valence-corrected chi connectivity index (χ1v) is 7.68. The number of aryl methyl sites for hydroxylation is 1. The lowest BCUT2D eigenvalue weighted by atomic mass is 10.1. The molecule has 1 unspecified atom stereocenters. The summed E-state index contributed by atoms with van der Waals surface area (Å²) in [6.07, 6.45) is 6.53. The molecule has 0 saturated carbocycles. The molecular weight excluding hydrogens is 242 g/mol. The smallest absolute Gasteiger partial charge is 0.0712 e. The van der Waals surface area contributed by atoms with E-state index in [1.807, 2.05) is 0 Å². The van der Waals surface area contributed by atoms with Crippen molar-refractivity contribution in [2.24, 2.45) is 0 Å². The van der Waals surface area contributed by atoms with E-state index in [4.69, 9.17) is 11.6 Å². The van der Waals surface area contributed by atoms with E-state index in [1.54, 1.807) is 0 Å². The summed E-state index contributed by atoms with van der Waals surface area (Å²) in [6.45, 7) is 5.62. The number of benzene rings is 1. The number of hydrogen-bond acceptors (Lipinski definition) is 1. The highest BCUT2D eigenvalue weighted by Crippen LogP contribution is 2.23. The highest BCUT2D eigenvalue weighted by atomic mass is 35.5. The van der Waals surface area contributed by atoms with Crippen LogP contribution in [0.15, 0.2) is 24.3 Å². The number of rotatable bonds is 4. The fraction of sp³-hybridized carbons (Fsp3) is 0.625. The van der Waals surface area contributed by atoms with Gasteiger partial charge < -0.3 is 4.90 Å². The zero-order chi connectivity index (χ0) is 12.8. The average molecular weight is 266 g/mol. The summed E-state index contributed by atoms with van der Waals surface area (Å²) in [6, 6.07) is 8.78. The Morgan fingerprint density at radius 3 is 2.22 bits per heavy atom. The van der Waals surface area contributed by atoms with Crippen LogP contribution in [0.5, 0.6) is 0 Å². The molecule has 0 amide bonds. The summed E-state index contributed by atoms with van der Waals surface area (Å²) >= 11 is 6.55. The number of likely N-dealkylation sites (tertiary alicyclic amines) is 1. The Morgan fingerprint density at radius 1 is 1.06 bits per heavy atom. The molecule has 1 aromatic carbocycles. The molecule has 1 saturated heterocycles. The van der Waals surface area contributed by atoms with Gasteiger partial charge in [0.05, 0.1) is 5.38 Å². The number of hydrogen-bond donors (Lipinski definition) is 0. The lowest BCUT2D eigenvalue weighted by Gasteiger charge is -2.23. The van der Waals surface area contributed by atoms with Crippen molar-refractivity contribution in [1.29, 1.82) is 0 Å². The molecule has 2 rings (SSSR count). The Balaban J connectivity index is 1.90. The molecular formula is C16H24ClN. The van der Waals surface area contributed by atoms with E-state index in [-0.39, 0.29) is 5.38 Å². The van der Waals surface area contributed by atoms with Crippen molar-refractivity contribution in [3.05, 3.63) is 35.4 Å². The molecule has 1 heterocycles. The molecule has 0 bridgehead atoms. The first kappa shape index (κ1) is 13.9. The van der Waals surface area contributed by atoms with Crippen molar-refractivity contribution in [2.75, 3.05) is 19.6 Å². The summed E-state index contributed by atoms with van der Waals surface area (Å²) in [4.78, 5) is 2.53. The van der Waals surface area contributed by atoms with Gasteiger partial charge in [0.15, 0.2) is 0 Å². The van der Waals surface area contributed by atoms with Gasteiger partial charge in [0.2, 0.25) is 0 Å². The van der Waals surface area contributed by atoms with Gasteiger partial charge in [-0.25, -0.2) is 0 Å². The number of halogens is 1. The molecule has 0 aromatic heterocycles. The van der Waals surface area contributed by atoms with Crippen LogP contribution in [0.3, 0.4) is 0 Å². The third kappa shape index (κ3) is 4.00. The van der Waals surface area contributed by atoms with Crippen molar-refractivity contribution in [3.63, 3.8) is 0 Å². The highest BCUT2D eigenvalue weighted by molar-refractivity contribution is 6.21. The highest BCUT2D eigenvalue weighted by Gasteiger charge is 2.15. The van der Waals surface area contributed by atoms with Crippen LogP contribution in [0.4, 0.5) is 0 Å². The maximum atomic E-state index is 6.55. The number of nitrogens with zero attached hydrogens (tertiary/aromatic N) is 1. The van der Waals surface area contributed by atoms with Crippen molar-refractivity contribution < 1.29 is 0 Å². The van der Waals surface area contributed by atoms with Gasteiger partial charge in [0.1, 0.15) is 0 Å². The Morgan fingerprint density at radius 2 is 1.67 bits per heavy atom. The Labute approximate surface area is 116 Å². The van der Waals surface area contributed by atoms with Gasteiger partial charge in [-0.05, 0) is 43.5 Å². The second kappa shape index (κ2) is 7.16. The van der Waals surface area contributed by atoms with E-state index in [1.165, 1.54) is 49.9 Å². The fourth-order valence-electron chi connectivity index (χ4n) is 2.61. The van der Waals surface area contributed by atoms with E-state index < -0.39 is 0 Å². The van der Waals surface area contributed by atoms with Crippen LogP contribution in [0.25, 0.3) is 0 Å². The molecule has 0 spiro atoms. The Kier molecular flexibility index (Phi) is 5.52. The minimum Gasteiger partial charge on any atom is -0.302 e. The van der Waals surface area contributed by atoms with Crippen LogP contribution >= 0.6 is 11.6 Å². The zero-order valence-corrected chi connectivity index (χ0v) is 12.1. The molecule has 1 aliphatic rings. The quantitative estimate of drug-likeness (QED) is 0.729. The lowest BCUT2D eigenvalue weighted by Crippen LogP contribution is -2.28. The third-order valence-corrected chi connectivity index (χ3v) is 4.26. The lowest BCUT2D eigenvalue weighted by molar-refractivity contribution is 0.285. The van der Waals surface area contributed by atoms with Gasteiger partial charge in [-0.15, -0.1) is 11.6 Å². The summed E-state index contributed by atoms with van der Waals surface area (Å²) in [7, 11) is 0. The van der Waals surface area contributed by atoms with E-state index in [0.717, 1.165) is 13.0 Å². The standard InChI is InChI=1S/C16H24ClN/c1-2-14-7-9-15(10-8-14)16(17)13-18-11-5-3-4-6-12-18/h7-10,16H,2-6,11-13H2,1H3. The van der Waals surface area contributed by atoms with Crippen LogP contribution in [-0.2, 0) is 6.42 Å². The van der Waals surface area contributed by atoms with Crippen LogP contribution in [0, 0.1) is 0 Å². The molecule has 100 valence electrons. The molecule has 1 aliphatic heterocycles. The van der Waals surface area contributed by atoms with Crippen molar-refractivity contribution in [2.45, 2.75) is 44.4 Å². The van der Waals surface area contributed by atoms with Crippen LogP contribution in [-0.4, -0.2) is 24.5 Å². The minimum atomic E-state index is 0.133. The molecule has 18 heavy (non-hydrogen) atoms. The third-order valence-electron chi connectivity index (χ3n) is 3.87. The zero-order valence-electron chi connectivity index (χ0n) is 11.4. The average Bonchev–Trinajstić information content (AvgIpc) is 2.67. The van der Waals surface area contributed by atoms with Gasteiger partial charge >= 0.3 is 0 Å². The maximum Gasteiger partial charge on any atom is 0.0712 e. The topological polar surface area (TPSA) is 3.24 Å². The largest absolute Gasteiger partial charge is 0.302 e. The number of alkyl halides is 1. The second-order valence-corrected chi connectivity index (χ2v) is 5.80. The van der Waals surface area contributed by atoms with E-state index in [0.29, 0.717) is 0 Å². The molecule has 0 N–H and O–H groups in total. The fourth-order valence-corrected chi connectivity index (χ4v) is 2.95. The normalized spacial score (nSPS) is 19.4. The molecule has 1 fully saturated rings. The first-order valence-electron chi connectivity index (χ1n) is 7.25. The van der Waals surface area contributed by atoms with Crippen LogP contribution in [0.2, 0.25) is 0 Å². The summed E-state index contributed by atoms with van der Waals surface area (Å²) < 4.78 is 0. The van der Waals surface area contributed by atoms with Crippen molar-refractivity contribution >= 4 is 11.6 Å². The Hall–Kier alpha value is -0.530. The van der Waals surface area contributed by atoms with Gasteiger partial charge in [-0.3, -0.25) is 0 Å². The summed E-state index contributed by atoms with van der Waals surface area (Å²) in [5, 5.41) is 0.133. The molecule has 0 radical (unpaired) electrons. The van der Waals surface area contributed by atoms with E-state index >= 15 is 0 Å². The van der Waals surface area contributed by atoms with Gasteiger partial charge in [0, 0.05) is 6.54 Å². The van der Waals surface area contributed by atoms with Gasteiger partial charge in [-0.2, -0.15) is 0 Å². The van der Waals surface area contributed by atoms with E-state index in [2.05, 4.69) is 36.1 Å². The minimum absolute atomic E-state index is 0.133. The van der Waals surface area contributed by atoms with Crippen LogP contribution in [0.1, 0.15) is 49.1 Å². The van der Waals surface area contributed by atoms with Crippen molar-refractivity contribution in [1.82, 2.24) is 4.90 Å². The predicted molar refractivity (Wildman–Crippen MR) is 79.3 cm³/mol. The van der Waals surface area contributed by atoms with Crippen molar-refractivity contribution in [3.8, 4) is 0 Å². The summed E-state index contributed by atoms with van der Waals surface area (Å²) in [5.41, 5.74) is 2.65. The van der Waals surface area contributed by atoms with Gasteiger partial charge in [-0.1, -0.05) is 44.0 Å². The maximum absolute atomic E-state index is 6.55. The molecule has 2 heteroatoms. The summed E-state index contributed by atoms with van der Waals surface area (Å²) in [5.74, 6) is 0. The molecule has 0 aliphatic carbocycles. The Bertz CT molecular complexity index is 339. The molecule has 1 atom stereocenters. The molecule has 1 nitrogen and oxygen atoms in total. The molecule has 1 aromatic rings. The van der Waals surface area contributed by atoms with E-state index in [9.17, 15) is 0 Å². The van der Waals surface area contributed by atoms with Crippen LogP contribution < -0.4 is 0 Å². The SMILES string of the molecule is CCc1ccc(C(Cl)CN2CCCCCC2)cc1. The van der Waals surface area contributed by atoms with Gasteiger partial charge in [0.25, 0.3) is 0 Å². The predicted octanol–water partition coefficient (Wildman–Crippen LogP) is 4.40. The second-order valence-electron chi connectivity index (χ2n) is 5.28.